The number of aromatic nitrogens is 1. The van der Waals surface area contributed by atoms with E-state index >= 15 is 0 Å². The third-order valence-corrected chi connectivity index (χ3v) is 1.91. The van der Waals surface area contributed by atoms with Crippen molar-refractivity contribution in [1.82, 2.24) is 4.98 Å². The van der Waals surface area contributed by atoms with E-state index in [0.29, 0.717) is 0 Å². The molecule has 0 aliphatic carbocycles. The summed E-state index contributed by atoms with van der Waals surface area (Å²) >= 11 is 0. The average molecular weight is 223 g/mol. The Labute approximate surface area is 90.7 Å². The fourth-order valence-electron chi connectivity index (χ4n) is 1.19. The second-order valence-electron chi connectivity index (χ2n) is 2.82. The first-order chi connectivity index (χ1) is 7.63. The summed E-state index contributed by atoms with van der Waals surface area (Å²) in [5.74, 6) is -0.0144. The molecule has 0 N–H and O–H groups in total. The summed E-state index contributed by atoms with van der Waals surface area (Å²) in [4.78, 5) is 3.68. The van der Waals surface area contributed by atoms with E-state index in [0.717, 1.165) is 6.07 Å². The Morgan fingerprint density at radius 2 is 2.19 bits per heavy atom. The molecule has 0 fully saturated rings. The minimum Gasteiger partial charge on any atom is -0.494 e. The van der Waals surface area contributed by atoms with Gasteiger partial charge in [-0.3, -0.25) is 0 Å². The molecular weight excluding hydrogens is 216 g/mol. The van der Waals surface area contributed by atoms with Crippen LogP contribution in [0.2, 0.25) is 0 Å². The Morgan fingerprint density at radius 1 is 1.50 bits per heavy atom. The maximum Gasteiger partial charge on any atom is 0.265 e. The van der Waals surface area contributed by atoms with Gasteiger partial charge in [-0.1, -0.05) is 0 Å². The number of hydrogen-bond acceptors (Lipinski definition) is 4. The number of rotatable bonds is 3. The fraction of sp³-hybridized carbons (Fsp3) is 0.300. The van der Waals surface area contributed by atoms with Crippen molar-refractivity contribution in [2.75, 3.05) is 7.11 Å². The van der Waals surface area contributed by atoms with Crippen LogP contribution in [0, 0.1) is 22.7 Å². The first-order valence-electron chi connectivity index (χ1n) is 4.27. The van der Waals surface area contributed by atoms with Crippen molar-refractivity contribution < 1.29 is 13.5 Å². The van der Waals surface area contributed by atoms with Gasteiger partial charge in [0.2, 0.25) is 0 Å². The van der Waals surface area contributed by atoms with Gasteiger partial charge in [-0.15, -0.1) is 0 Å². The molecule has 0 radical (unpaired) electrons. The van der Waals surface area contributed by atoms with Crippen LogP contribution in [0.15, 0.2) is 6.07 Å². The zero-order valence-corrected chi connectivity index (χ0v) is 8.37. The molecule has 16 heavy (non-hydrogen) atoms. The Hall–Kier alpha value is -2.21. The van der Waals surface area contributed by atoms with Crippen LogP contribution in [0.3, 0.4) is 0 Å². The largest absolute Gasteiger partial charge is 0.494 e. The van der Waals surface area contributed by atoms with E-state index in [4.69, 9.17) is 15.3 Å². The molecule has 0 bridgehead atoms. The van der Waals surface area contributed by atoms with Crippen LogP contribution in [-0.4, -0.2) is 12.1 Å². The summed E-state index contributed by atoms with van der Waals surface area (Å²) in [6.07, 6.45) is -3.02. The molecule has 82 valence electrons. The highest BCUT2D eigenvalue weighted by molar-refractivity contribution is 5.43. The predicted molar refractivity (Wildman–Crippen MR) is 49.8 cm³/mol. The van der Waals surface area contributed by atoms with Crippen molar-refractivity contribution in [3.05, 3.63) is 23.0 Å². The minimum atomic E-state index is -2.75. The van der Waals surface area contributed by atoms with Crippen molar-refractivity contribution in [3.8, 4) is 17.9 Å². The zero-order chi connectivity index (χ0) is 12.1. The Morgan fingerprint density at radius 3 is 2.62 bits per heavy atom. The third kappa shape index (κ3) is 2.23. The molecule has 0 unspecified atom stereocenters. The van der Waals surface area contributed by atoms with Crippen LogP contribution < -0.4 is 4.74 Å². The first kappa shape index (κ1) is 11.9. The monoisotopic (exact) mass is 223 g/mol. The zero-order valence-electron chi connectivity index (χ0n) is 8.37. The SMILES string of the molecule is COc1cc(C(F)F)c(CC#N)nc1C#N. The number of hydrogen-bond donors (Lipinski definition) is 0. The first-order valence-corrected chi connectivity index (χ1v) is 4.27. The van der Waals surface area contributed by atoms with E-state index in [1.165, 1.54) is 7.11 Å². The second-order valence-corrected chi connectivity index (χ2v) is 2.82. The van der Waals surface area contributed by atoms with Gasteiger partial charge < -0.3 is 4.74 Å². The highest BCUT2D eigenvalue weighted by Crippen LogP contribution is 2.28. The molecule has 1 heterocycles. The van der Waals surface area contributed by atoms with Gasteiger partial charge in [-0.25, -0.2) is 13.8 Å². The van der Waals surface area contributed by atoms with Gasteiger partial charge >= 0.3 is 0 Å². The molecule has 0 saturated carbocycles. The van der Waals surface area contributed by atoms with Crippen molar-refractivity contribution in [3.63, 3.8) is 0 Å². The third-order valence-electron chi connectivity index (χ3n) is 1.91. The average Bonchev–Trinajstić information content (AvgIpc) is 2.28. The number of ether oxygens (including phenoxy) is 1. The number of alkyl halides is 2. The van der Waals surface area contributed by atoms with Gasteiger partial charge in [-0.05, 0) is 6.07 Å². The number of nitriles is 2. The molecule has 1 aromatic rings. The maximum absolute atomic E-state index is 12.6. The van der Waals surface area contributed by atoms with E-state index < -0.39 is 6.43 Å². The van der Waals surface area contributed by atoms with Crippen LogP contribution in [0.5, 0.6) is 5.75 Å². The van der Waals surface area contributed by atoms with E-state index in [1.54, 1.807) is 12.1 Å². The lowest BCUT2D eigenvalue weighted by atomic mass is 10.1. The highest BCUT2D eigenvalue weighted by Gasteiger charge is 2.18. The Balaban J connectivity index is 3.38. The molecule has 1 aromatic heterocycles. The predicted octanol–water partition coefficient (Wildman–Crippen LogP) is 1.97. The van der Waals surface area contributed by atoms with Gasteiger partial charge in [0.25, 0.3) is 6.43 Å². The van der Waals surface area contributed by atoms with Crippen molar-refractivity contribution in [2.45, 2.75) is 12.8 Å². The normalized spacial score (nSPS) is 9.62. The Bertz CT molecular complexity index is 474. The minimum absolute atomic E-state index is 0.0144. The highest BCUT2D eigenvalue weighted by atomic mass is 19.3. The standard InChI is InChI=1S/C10H7F2N3O/c1-16-9-4-6(10(11)12)7(2-3-13)15-8(9)5-14/h4,10H,2H2,1H3. The summed E-state index contributed by atoms with van der Waals surface area (Å²) in [5, 5.41) is 17.2. The smallest absolute Gasteiger partial charge is 0.265 e. The molecule has 0 saturated heterocycles. The lowest BCUT2D eigenvalue weighted by molar-refractivity contribution is 0.149. The summed E-state index contributed by atoms with van der Waals surface area (Å²) in [6, 6.07) is 4.49. The van der Waals surface area contributed by atoms with Crippen LogP contribution >= 0.6 is 0 Å². The van der Waals surface area contributed by atoms with E-state index in [1.807, 2.05) is 0 Å². The summed E-state index contributed by atoms with van der Waals surface area (Å²) < 4.78 is 30.0. The molecule has 0 spiro atoms. The van der Waals surface area contributed by atoms with Crippen molar-refractivity contribution >= 4 is 0 Å². The molecule has 6 heteroatoms. The molecule has 0 aliphatic heterocycles. The number of methoxy groups -OCH3 is 1. The van der Waals surface area contributed by atoms with Gasteiger partial charge in [0, 0.05) is 5.56 Å². The maximum atomic E-state index is 12.6. The summed E-state index contributed by atoms with van der Waals surface area (Å²) in [6.45, 7) is 0. The summed E-state index contributed by atoms with van der Waals surface area (Å²) in [5.41, 5.74) is -0.565. The van der Waals surface area contributed by atoms with Crippen LogP contribution in [-0.2, 0) is 6.42 Å². The quantitative estimate of drug-likeness (QED) is 0.785. The molecule has 0 amide bonds. The van der Waals surface area contributed by atoms with Gasteiger partial charge in [0.15, 0.2) is 11.4 Å². The van der Waals surface area contributed by atoms with Gasteiger partial charge in [0.1, 0.15) is 6.07 Å². The number of halogens is 2. The van der Waals surface area contributed by atoms with E-state index in [9.17, 15) is 8.78 Å². The molecule has 0 aliphatic rings. The molecule has 0 aromatic carbocycles. The van der Waals surface area contributed by atoms with Crippen molar-refractivity contribution in [1.29, 1.82) is 10.5 Å². The lowest BCUT2D eigenvalue weighted by Gasteiger charge is -2.09. The van der Waals surface area contributed by atoms with Gasteiger partial charge in [-0.2, -0.15) is 10.5 Å². The molecule has 4 nitrogen and oxygen atoms in total. The molecule has 0 atom stereocenters. The number of nitrogens with zero attached hydrogens (tertiary/aromatic N) is 3. The molecule has 1 rings (SSSR count). The van der Waals surface area contributed by atoms with E-state index in [2.05, 4.69) is 4.98 Å². The molecular formula is C10H7F2N3O. The van der Waals surface area contributed by atoms with Crippen LogP contribution in [0.25, 0.3) is 0 Å². The van der Waals surface area contributed by atoms with E-state index in [-0.39, 0.29) is 29.1 Å². The lowest BCUT2D eigenvalue weighted by Crippen LogP contribution is -2.02. The van der Waals surface area contributed by atoms with Crippen molar-refractivity contribution in [2.24, 2.45) is 0 Å². The van der Waals surface area contributed by atoms with Crippen LogP contribution in [0.4, 0.5) is 8.78 Å². The fourth-order valence-corrected chi connectivity index (χ4v) is 1.19. The van der Waals surface area contributed by atoms with Crippen LogP contribution in [0.1, 0.15) is 23.4 Å². The number of pyridine rings is 1. The van der Waals surface area contributed by atoms with Gasteiger partial charge in [0.05, 0.1) is 25.3 Å². The second kappa shape index (κ2) is 5.04. The Kier molecular flexibility index (Phi) is 3.73. The topological polar surface area (TPSA) is 69.7 Å². The summed E-state index contributed by atoms with van der Waals surface area (Å²) in [7, 11) is 1.26.